The van der Waals surface area contributed by atoms with Crippen LogP contribution < -0.4 is 10.2 Å². The average Bonchev–Trinajstić information content (AvgIpc) is 3.30. The van der Waals surface area contributed by atoms with Gasteiger partial charge in [0, 0.05) is 27.4 Å². The van der Waals surface area contributed by atoms with Gasteiger partial charge in [0.2, 0.25) is 5.91 Å². The van der Waals surface area contributed by atoms with Crippen LogP contribution in [0.4, 0.5) is 0 Å². The minimum absolute atomic E-state index is 0.0253. The third kappa shape index (κ3) is 5.16. The molecule has 2 aromatic rings. The van der Waals surface area contributed by atoms with Gasteiger partial charge in [0.1, 0.15) is 18.1 Å². The summed E-state index contributed by atoms with van der Waals surface area (Å²) in [7, 11) is 0. The molecule has 30 heavy (non-hydrogen) atoms. The number of thioether (sulfide) groups is 1. The van der Waals surface area contributed by atoms with Crippen LogP contribution in [0.5, 0.6) is 0 Å². The highest BCUT2D eigenvalue weighted by molar-refractivity contribution is 8.16. The smallest absolute Gasteiger partial charge is 0.276 e. The molecular formula is C23H22Cl2N3OS+. The number of hydrogen-bond donors (Lipinski definition) is 2. The van der Waals surface area contributed by atoms with E-state index in [2.05, 4.69) is 10.3 Å². The number of nitrogens with one attached hydrogen (secondary N) is 2. The predicted molar refractivity (Wildman–Crippen MR) is 125 cm³/mol. The molecular weight excluding hydrogens is 437 g/mol. The number of benzene rings is 2. The SMILES string of the molecule is C[C@@H](NC(=O)CC1=C[NH+]2C=CSC2=N1)[C@H](Cc1ccc(Cl)cc1)c1ccc(Cl)cc1. The van der Waals surface area contributed by atoms with Crippen LogP contribution in [-0.2, 0) is 11.2 Å². The number of amidine groups is 1. The van der Waals surface area contributed by atoms with E-state index in [1.165, 1.54) is 5.56 Å². The number of carbonyl (C=O) groups excluding carboxylic acids is 1. The zero-order valence-electron chi connectivity index (χ0n) is 16.4. The van der Waals surface area contributed by atoms with Gasteiger partial charge >= 0.3 is 0 Å². The molecule has 0 aliphatic carbocycles. The second-order valence-electron chi connectivity index (χ2n) is 7.45. The molecule has 0 radical (unpaired) electrons. The summed E-state index contributed by atoms with van der Waals surface area (Å²) in [5.74, 6) is 0.0752. The van der Waals surface area contributed by atoms with Gasteiger partial charge in [0.05, 0.1) is 6.42 Å². The van der Waals surface area contributed by atoms with E-state index in [1.807, 2.05) is 73.3 Å². The third-order valence-electron chi connectivity index (χ3n) is 5.24. The molecule has 2 heterocycles. The molecule has 0 spiro atoms. The Morgan fingerprint density at radius 2 is 1.77 bits per heavy atom. The number of hydrogen-bond acceptors (Lipinski definition) is 3. The maximum atomic E-state index is 12.7. The van der Waals surface area contributed by atoms with Gasteiger partial charge in [-0.3, -0.25) is 4.79 Å². The van der Waals surface area contributed by atoms with Crippen LogP contribution in [0.15, 0.2) is 77.0 Å². The first-order chi connectivity index (χ1) is 14.5. The number of rotatable bonds is 7. The fourth-order valence-corrected chi connectivity index (χ4v) is 4.71. The fraction of sp³-hybridized carbons (Fsp3) is 0.217. The van der Waals surface area contributed by atoms with Gasteiger partial charge in [-0.15, -0.1) is 0 Å². The van der Waals surface area contributed by atoms with Crippen molar-refractivity contribution in [3.05, 3.63) is 93.2 Å². The lowest BCUT2D eigenvalue weighted by Crippen LogP contribution is -3.02. The quantitative estimate of drug-likeness (QED) is 0.639. The third-order valence-corrected chi connectivity index (χ3v) is 6.57. The van der Waals surface area contributed by atoms with Crippen LogP contribution in [0.25, 0.3) is 0 Å². The van der Waals surface area contributed by atoms with Gasteiger partial charge in [0.15, 0.2) is 0 Å². The number of quaternary nitrogens is 1. The van der Waals surface area contributed by atoms with Crippen molar-refractivity contribution >= 4 is 46.0 Å². The largest absolute Gasteiger partial charge is 0.353 e. The van der Waals surface area contributed by atoms with Crippen LogP contribution in [0, 0.1) is 0 Å². The number of aliphatic imine (C=N–C) groups is 1. The van der Waals surface area contributed by atoms with Gasteiger partial charge in [0.25, 0.3) is 5.17 Å². The lowest BCUT2D eigenvalue weighted by Gasteiger charge is -2.26. The molecule has 0 saturated carbocycles. The molecule has 7 heteroatoms. The molecule has 2 N–H and O–H groups in total. The molecule has 2 aromatic carbocycles. The standard InChI is InChI=1S/C23H21Cl2N3OS/c1-15(26-22(29)13-20-14-28-10-11-30-23(28)27-20)21(17-4-8-19(25)9-5-17)12-16-2-6-18(24)7-3-16/h2-11,14-15,21H,12-13H2,1H3,(H,26,29)/p+1/t15-,21+/m1/s1. The lowest BCUT2D eigenvalue weighted by molar-refractivity contribution is -0.673. The number of amides is 1. The van der Waals surface area contributed by atoms with Crippen molar-refractivity contribution in [2.75, 3.05) is 0 Å². The highest BCUT2D eigenvalue weighted by Gasteiger charge is 2.28. The van der Waals surface area contributed by atoms with E-state index in [4.69, 9.17) is 23.2 Å². The zero-order valence-corrected chi connectivity index (χ0v) is 18.8. The molecule has 0 bridgehead atoms. The molecule has 1 amide bonds. The van der Waals surface area contributed by atoms with Gasteiger partial charge in [-0.25, -0.2) is 4.90 Å². The van der Waals surface area contributed by atoms with Crippen molar-refractivity contribution < 1.29 is 9.69 Å². The monoisotopic (exact) mass is 458 g/mol. The summed E-state index contributed by atoms with van der Waals surface area (Å²) in [6, 6.07) is 15.6. The average molecular weight is 459 g/mol. The Balaban J connectivity index is 1.46. The molecule has 0 aromatic heterocycles. The van der Waals surface area contributed by atoms with E-state index < -0.39 is 0 Å². The number of nitrogens with zero attached hydrogens (tertiary/aromatic N) is 1. The van der Waals surface area contributed by atoms with Gasteiger partial charge in [-0.1, -0.05) is 47.5 Å². The first-order valence-electron chi connectivity index (χ1n) is 9.77. The van der Waals surface area contributed by atoms with Crippen LogP contribution in [-0.4, -0.2) is 17.1 Å². The molecule has 0 saturated heterocycles. The minimum atomic E-state index is -0.0644. The second kappa shape index (κ2) is 9.40. The van der Waals surface area contributed by atoms with E-state index >= 15 is 0 Å². The van der Waals surface area contributed by atoms with E-state index in [9.17, 15) is 4.79 Å². The minimum Gasteiger partial charge on any atom is -0.353 e. The Bertz CT molecular complexity index is 1020. The summed E-state index contributed by atoms with van der Waals surface area (Å²) in [6.45, 7) is 2.05. The summed E-state index contributed by atoms with van der Waals surface area (Å²) >= 11 is 13.7. The van der Waals surface area contributed by atoms with E-state index in [0.717, 1.165) is 27.7 Å². The lowest BCUT2D eigenvalue weighted by atomic mass is 9.86. The normalized spacial score (nSPS) is 19.1. The van der Waals surface area contributed by atoms with Crippen LogP contribution in [0.2, 0.25) is 10.0 Å². The maximum Gasteiger partial charge on any atom is 0.276 e. The van der Waals surface area contributed by atoms with Crippen molar-refractivity contribution in [1.82, 2.24) is 5.32 Å². The summed E-state index contributed by atoms with van der Waals surface area (Å²) in [6.07, 6.45) is 5.07. The summed E-state index contributed by atoms with van der Waals surface area (Å²) in [4.78, 5) is 18.4. The highest BCUT2D eigenvalue weighted by atomic mass is 35.5. The fourth-order valence-electron chi connectivity index (χ4n) is 3.68. The second-order valence-corrected chi connectivity index (χ2v) is 9.22. The Morgan fingerprint density at radius 1 is 1.10 bits per heavy atom. The number of halogens is 2. The van der Waals surface area contributed by atoms with Gasteiger partial charge in [-0.2, -0.15) is 4.99 Å². The number of carbonyl (C=O) groups is 1. The van der Waals surface area contributed by atoms with E-state index in [-0.39, 0.29) is 24.3 Å². The topological polar surface area (TPSA) is 45.9 Å². The number of fused-ring (bicyclic) bond motifs is 1. The van der Waals surface area contributed by atoms with Crippen LogP contribution in [0.1, 0.15) is 30.4 Å². The Hall–Kier alpha value is -2.05. The van der Waals surface area contributed by atoms with E-state index in [1.54, 1.807) is 11.8 Å². The van der Waals surface area contributed by atoms with Crippen molar-refractivity contribution in [1.29, 1.82) is 0 Å². The Kier molecular flexibility index (Phi) is 6.64. The van der Waals surface area contributed by atoms with E-state index in [0.29, 0.717) is 10.0 Å². The molecule has 2 aliphatic heterocycles. The maximum absolute atomic E-state index is 12.7. The van der Waals surface area contributed by atoms with Crippen molar-refractivity contribution in [3.63, 3.8) is 0 Å². The molecule has 3 atom stereocenters. The van der Waals surface area contributed by atoms with Crippen molar-refractivity contribution in [2.45, 2.75) is 31.7 Å². The molecule has 0 fully saturated rings. The Labute approximate surface area is 190 Å². The highest BCUT2D eigenvalue weighted by Crippen LogP contribution is 2.27. The molecule has 4 nitrogen and oxygen atoms in total. The first kappa shape index (κ1) is 21.2. The first-order valence-corrected chi connectivity index (χ1v) is 11.4. The van der Waals surface area contributed by atoms with Gasteiger partial charge in [-0.05, 0) is 60.5 Å². The molecule has 1 unspecified atom stereocenters. The molecule has 154 valence electrons. The summed E-state index contributed by atoms with van der Waals surface area (Å²) < 4.78 is 0. The zero-order chi connectivity index (χ0) is 21.1. The van der Waals surface area contributed by atoms with Crippen LogP contribution >= 0.6 is 35.0 Å². The molecule has 2 aliphatic rings. The predicted octanol–water partition coefficient (Wildman–Crippen LogP) is 4.53. The summed E-state index contributed by atoms with van der Waals surface area (Å²) in [5, 5.41) is 7.58. The molecule has 4 rings (SSSR count). The van der Waals surface area contributed by atoms with Crippen molar-refractivity contribution in [2.24, 2.45) is 4.99 Å². The van der Waals surface area contributed by atoms with Gasteiger partial charge < -0.3 is 5.32 Å². The van der Waals surface area contributed by atoms with Crippen molar-refractivity contribution in [3.8, 4) is 0 Å². The van der Waals surface area contributed by atoms with Crippen LogP contribution in [0.3, 0.4) is 0 Å². The summed E-state index contributed by atoms with van der Waals surface area (Å²) in [5.41, 5.74) is 3.11. The Morgan fingerprint density at radius 3 is 2.43 bits per heavy atom.